The Morgan fingerprint density at radius 3 is 2.29 bits per heavy atom. The third-order valence-corrected chi connectivity index (χ3v) is 3.88. The Labute approximate surface area is 128 Å². The Balaban J connectivity index is 2.69. The molecule has 0 heterocycles. The molecule has 0 fully saturated rings. The zero-order valence-electron chi connectivity index (χ0n) is 13.7. The topological polar surface area (TPSA) is 58.4 Å². The highest BCUT2D eigenvalue weighted by Gasteiger charge is 2.17. The largest absolute Gasteiger partial charge is 0.351 e. The van der Waals surface area contributed by atoms with E-state index in [1.807, 2.05) is 26.0 Å². The summed E-state index contributed by atoms with van der Waals surface area (Å²) in [5, 5.41) is 2.95. The van der Waals surface area contributed by atoms with Gasteiger partial charge >= 0.3 is 0 Å². The third-order valence-electron chi connectivity index (χ3n) is 3.88. The van der Waals surface area contributed by atoms with Crippen LogP contribution in [0.4, 0.5) is 0 Å². The van der Waals surface area contributed by atoms with E-state index in [4.69, 9.17) is 5.73 Å². The summed E-state index contributed by atoms with van der Waals surface area (Å²) in [4.78, 5) is 14.3. The lowest BCUT2D eigenvalue weighted by atomic mass is 10.0. The van der Waals surface area contributed by atoms with Crippen molar-refractivity contribution in [3.8, 4) is 0 Å². The standard InChI is InChI=1S/C17H29N3O/c1-5-20(6-2)12-15-10-8-7-9-14(15)11-19-17(21)16(18)13(3)4/h7-10,13,16H,5-6,11-12,18H2,1-4H3,(H,19,21)/t16-/m0/s1. The number of benzene rings is 1. The van der Waals surface area contributed by atoms with Crippen molar-refractivity contribution in [1.29, 1.82) is 0 Å². The molecule has 1 aromatic rings. The van der Waals surface area contributed by atoms with Crippen molar-refractivity contribution in [2.45, 2.75) is 46.8 Å². The minimum absolute atomic E-state index is 0.0809. The Morgan fingerprint density at radius 1 is 1.19 bits per heavy atom. The van der Waals surface area contributed by atoms with Crippen LogP contribution in [0.1, 0.15) is 38.8 Å². The van der Waals surface area contributed by atoms with Gasteiger partial charge in [-0.2, -0.15) is 0 Å². The van der Waals surface area contributed by atoms with Crippen LogP contribution in [0.3, 0.4) is 0 Å². The van der Waals surface area contributed by atoms with Gasteiger partial charge in [0.2, 0.25) is 5.91 Å². The summed E-state index contributed by atoms with van der Waals surface area (Å²) in [6, 6.07) is 7.81. The molecule has 1 atom stereocenters. The van der Waals surface area contributed by atoms with Gasteiger partial charge in [-0.25, -0.2) is 0 Å². The molecule has 0 aliphatic carbocycles. The number of nitrogens with zero attached hydrogens (tertiary/aromatic N) is 1. The lowest BCUT2D eigenvalue weighted by molar-refractivity contribution is -0.123. The lowest BCUT2D eigenvalue weighted by Crippen LogP contribution is -2.43. The zero-order valence-corrected chi connectivity index (χ0v) is 13.7. The van der Waals surface area contributed by atoms with Gasteiger partial charge in [-0.1, -0.05) is 52.0 Å². The molecule has 0 radical (unpaired) electrons. The Hall–Kier alpha value is -1.39. The van der Waals surface area contributed by atoms with Gasteiger partial charge in [0.25, 0.3) is 0 Å². The maximum absolute atomic E-state index is 12.0. The van der Waals surface area contributed by atoms with E-state index in [9.17, 15) is 4.79 Å². The second-order valence-electron chi connectivity index (χ2n) is 5.72. The minimum atomic E-state index is -0.444. The van der Waals surface area contributed by atoms with Gasteiger partial charge in [0.05, 0.1) is 6.04 Å². The van der Waals surface area contributed by atoms with Gasteiger partial charge < -0.3 is 11.1 Å². The van der Waals surface area contributed by atoms with Crippen LogP contribution in [0.25, 0.3) is 0 Å². The monoisotopic (exact) mass is 291 g/mol. The van der Waals surface area contributed by atoms with E-state index < -0.39 is 6.04 Å². The average Bonchev–Trinajstić information content (AvgIpc) is 2.50. The predicted octanol–water partition coefficient (Wildman–Crippen LogP) is 2.13. The molecule has 0 saturated heterocycles. The van der Waals surface area contributed by atoms with Crippen LogP contribution in [0.2, 0.25) is 0 Å². The van der Waals surface area contributed by atoms with Crippen molar-refractivity contribution in [3.05, 3.63) is 35.4 Å². The van der Waals surface area contributed by atoms with Gasteiger partial charge in [-0.05, 0) is 30.1 Å². The lowest BCUT2D eigenvalue weighted by Gasteiger charge is -2.21. The van der Waals surface area contributed by atoms with Gasteiger partial charge in [0, 0.05) is 13.1 Å². The van der Waals surface area contributed by atoms with Crippen LogP contribution in [-0.4, -0.2) is 29.9 Å². The first-order chi connectivity index (χ1) is 9.99. The molecule has 1 amide bonds. The predicted molar refractivity (Wildman–Crippen MR) is 87.7 cm³/mol. The Bertz CT molecular complexity index is 441. The maximum atomic E-state index is 12.0. The first-order valence-electron chi connectivity index (χ1n) is 7.82. The number of nitrogens with one attached hydrogen (secondary N) is 1. The van der Waals surface area contributed by atoms with Gasteiger partial charge in [-0.15, -0.1) is 0 Å². The molecule has 4 nitrogen and oxygen atoms in total. The Kier molecular flexibility index (Phi) is 7.40. The van der Waals surface area contributed by atoms with Crippen molar-refractivity contribution in [2.75, 3.05) is 13.1 Å². The van der Waals surface area contributed by atoms with Crippen LogP contribution in [0.15, 0.2) is 24.3 Å². The molecule has 0 unspecified atom stereocenters. The molecule has 0 aliphatic heterocycles. The van der Waals surface area contributed by atoms with E-state index in [0.29, 0.717) is 6.54 Å². The second-order valence-corrected chi connectivity index (χ2v) is 5.72. The van der Waals surface area contributed by atoms with Crippen molar-refractivity contribution in [3.63, 3.8) is 0 Å². The smallest absolute Gasteiger partial charge is 0.237 e. The van der Waals surface area contributed by atoms with E-state index in [0.717, 1.165) is 25.2 Å². The van der Waals surface area contributed by atoms with Gasteiger partial charge in [0.1, 0.15) is 0 Å². The summed E-state index contributed by atoms with van der Waals surface area (Å²) in [5.41, 5.74) is 8.29. The minimum Gasteiger partial charge on any atom is -0.351 e. The van der Waals surface area contributed by atoms with Gasteiger partial charge in [-0.3, -0.25) is 9.69 Å². The number of hydrogen-bond donors (Lipinski definition) is 2. The fourth-order valence-corrected chi connectivity index (χ4v) is 2.18. The number of carbonyl (C=O) groups excluding carboxylic acids is 1. The summed E-state index contributed by atoms with van der Waals surface area (Å²) in [6.07, 6.45) is 0. The van der Waals surface area contributed by atoms with Crippen LogP contribution in [-0.2, 0) is 17.9 Å². The maximum Gasteiger partial charge on any atom is 0.237 e. The highest BCUT2D eigenvalue weighted by Crippen LogP contribution is 2.12. The van der Waals surface area contributed by atoms with Crippen molar-refractivity contribution >= 4 is 5.91 Å². The molecule has 21 heavy (non-hydrogen) atoms. The molecule has 0 bridgehead atoms. The van der Waals surface area contributed by atoms with Crippen LogP contribution < -0.4 is 11.1 Å². The highest BCUT2D eigenvalue weighted by atomic mass is 16.2. The molecule has 3 N–H and O–H groups in total. The normalized spacial score (nSPS) is 12.7. The molecule has 0 aliphatic rings. The Morgan fingerprint density at radius 2 is 1.76 bits per heavy atom. The van der Waals surface area contributed by atoms with E-state index in [1.54, 1.807) is 0 Å². The number of amides is 1. The van der Waals surface area contributed by atoms with Crippen LogP contribution in [0.5, 0.6) is 0 Å². The molecular weight excluding hydrogens is 262 g/mol. The second kappa shape index (κ2) is 8.80. The first kappa shape index (κ1) is 17.7. The van der Waals surface area contributed by atoms with Crippen molar-refractivity contribution in [2.24, 2.45) is 11.7 Å². The molecule has 0 spiro atoms. The molecule has 0 aromatic heterocycles. The SMILES string of the molecule is CCN(CC)Cc1ccccc1CNC(=O)[C@@H](N)C(C)C. The molecule has 1 aromatic carbocycles. The molecule has 0 saturated carbocycles. The van der Waals surface area contributed by atoms with Crippen LogP contribution >= 0.6 is 0 Å². The zero-order chi connectivity index (χ0) is 15.8. The highest BCUT2D eigenvalue weighted by molar-refractivity contribution is 5.81. The van der Waals surface area contributed by atoms with Crippen LogP contribution in [0, 0.1) is 5.92 Å². The fourth-order valence-electron chi connectivity index (χ4n) is 2.18. The number of nitrogens with two attached hydrogens (primary N) is 1. The fraction of sp³-hybridized carbons (Fsp3) is 0.588. The summed E-state index contributed by atoms with van der Waals surface area (Å²) >= 11 is 0. The molecule has 4 heteroatoms. The van der Waals surface area contributed by atoms with E-state index >= 15 is 0 Å². The van der Waals surface area contributed by atoms with E-state index in [-0.39, 0.29) is 11.8 Å². The van der Waals surface area contributed by atoms with Crippen molar-refractivity contribution < 1.29 is 4.79 Å². The summed E-state index contributed by atoms with van der Waals surface area (Å²) in [7, 11) is 0. The van der Waals surface area contributed by atoms with Gasteiger partial charge in [0.15, 0.2) is 0 Å². The third kappa shape index (κ3) is 5.48. The molecule has 1 rings (SSSR count). The average molecular weight is 291 g/mol. The summed E-state index contributed by atoms with van der Waals surface area (Å²) in [5.74, 6) is 0.0681. The number of carbonyl (C=O) groups is 1. The number of hydrogen-bond acceptors (Lipinski definition) is 3. The van der Waals surface area contributed by atoms with Crippen molar-refractivity contribution in [1.82, 2.24) is 10.2 Å². The molecular formula is C17H29N3O. The number of rotatable bonds is 8. The summed E-state index contributed by atoms with van der Waals surface area (Å²) < 4.78 is 0. The molecule has 118 valence electrons. The first-order valence-corrected chi connectivity index (χ1v) is 7.82. The van der Waals surface area contributed by atoms with E-state index in [1.165, 1.54) is 5.56 Å². The quantitative estimate of drug-likeness (QED) is 0.771. The van der Waals surface area contributed by atoms with E-state index in [2.05, 4.69) is 36.2 Å². The summed E-state index contributed by atoms with van der Waals surface area (Å²) in [6.45, 7) is 11.7.